The van der Waals surface area contributed by atoms with Gasteiger partial charge in [0.15, 0.2) is 0 Å². The molecule has 2 fully saturated rings. The van der Waals surface area contributed by atoms with Crippen molar-refractivity contribution < 1.29 is 23.9 Å². The Hall–Kier alpha value is -1.79. The highest BCUT2D eigenvalue weighted by Crippen LogP contribution is 2.34. The van der Waals surface area contributed by atoms with Gasteiger partial charge in [-0.3, -0.25) is 4.79 Å². The normalized spacial score (nSPS) is 28.3. The minimum atomic E-state index is -0.627. The van der Waals surface area contributed by atoms with E-state index in [0.717, 1.165) is 6.42 Å². The minimum Gasteiger partial charge on any atom is -0.467 e. The highest BCUT2D eigenvalue weighted by atomic mass is 16.6. The van der Waals surface area contributed by atoms with E-state index in [1.807, 2.05) is 0 Å². The summed E-state index contributed by atoms with van der Waals surface area (Å²) in [6.07, 6.45) is 1.25. The largest absolute Gasteiger partial charge is 0.467 e. The molecule has 2 aliphatic rings. The molecule has 3 atom stereocenters. The van der Waals surface area contributed by atoms with Gasteiger partial charge >= 0.3 is 12.1 Å². The third kappa shape index (κ3) is 3.28. The van der Waals surface area contributed by atoms with Gasteiger partial charge in [-0.15, -0.1) is 0 Å². The fraction of sp³-hybridized carbons (Fsp3) is 0.786. The standard InChI is InChI=1S/C14H22N2O5/c1-14(2,3)21-13(19)15-9-7-8-5-6-10(12(18)20-4)16(8)11(9)17/h8-10H,5-7H2,1-4H3,(H,15,19). The summed E-state index contributed by atoms with van der Waals surface area (Å²) in [5.41, 5.74) is -0.615. The Morgan fingerprint density at radius 3 is 2.52 bits per heavy atom. The Morgan fingerprint density at radius 2 is 1.95 bits per heavy atom. The summed E-state index contributed by atoms with van der Waals surface area (Å²) in [5, 5.41) is 2.59. The van der Waals surface area contributed by atoms with Crippen LogP contribution in [0, 0.1) is 0 Å². The summed E-state index contributed by atoms with van der Waals surface area (Å²) >= 11 is 0. The predicted molar refractivity (Wildman–Crippen MR) is 73.4 cm³/mol. The summed E-state index contributed by atoms with van der Waals surface area (Å²) in [5.74, 6) is -0.637. The molecule has 7 heteroatoms. The summed E-state index contributed by atoms with van der Waals surface area (Å²) < 4.78 is 9.88. The first-order valence-corrected chi connectivity index (χ1v) is 7.12. The summed E-state index contributed by atoms with van der Waals surface area (Å²) in [6, 6.07) is -1.17. The molecular weight excluding hydrogens is 276 g/mol. The molecule has 2 rings (SSSR count). The van der Waals surface area contributed by atoms with Crippen molar-refractivity contribution in [2.45, 2.75) is 63.8 Å². The minimum absolute atomic E-state index is 0.0125. The Bertz CT molecular complexity index is 457. The van der Waals surface area contributed by atoms with E-state index in [0.29, 0.717) is 12.8 Å². The van der Waals surface area contributed by atoms with Crippen LogP contribution in [0.15, 0.2) is 0 Å². The van der Waals surface area contributed by atoms with Crippen LogP contribution in [0.25, 0.3) is 0 Å². The van der Waals surface area contributed by atoms with Crippen molar-refractivity contribution in [1.82, 2.24) is 10.2 Å². The summed E-state index contributed by atoms with van der Waals surface area (Å²) in [4.78, 5) is 37.4. The molecule has 0 aliphatic carbocycles. The van der Waals surface area contributed by atoms with Gasteiger partial charge in [-0.25, -0.2) is 9.59 Å². The molecule has 0 saturated carbocycles. The molecule has 118 valence electrons. The maximum absolute atomic E-state index is 12.4. The predicted octanol–water partition coefficient (Wildman–Crippen LogP) is 0.816. The number of fused-ring (bicyclic) bond motifs is 1. The third-order valence-corrected chi connectivity index (χ3v) is 3.73. The van der Waals surface area contributed by atoms with Gasteiger partial charge in [0.1, 0.15) is 17.7 Å². The topological polar surface area (TPSA) is 84.9 Å². The lowest BCUT2D eigenvalue weighted by molar-refractivity contribution is -0.150. The molecular formula is C14H22N2O5. The monoisotopic (exact) mass is 298 g/mol. The lowest BCUT2D eigenvalue weighted by atomic mass is 10.1. The molecule has 2 aliphatic heterocycles. The number of carbonyl (C=O) groups excluding carboxylic acids is 3. The van der Waals surface area contributed by atoms with Crippen molar-refractivity contribution in [2.24, 2.45) is 0 Å². The second kappa shape index (κ2) is 5.54. The van der Waals surface area contributed by atoms with Crippen molar-refractivity contribution >= 4 is 18.0 Å². The number of nitrogens with one attached hydrogen (secondary N) is 1. The molecule has 1 N–H and O–H groups in total. The number of amides is 2. The quantitative estimate of drug-likeness (QED) is 0.763. The first kappa shape index (κ1) is 15.6. The van der Waals surface area contributed by atoms with E-state index in [1.54, 1.807) is 25.7 Å². The number of alkyl carbamates (subject to hydrolysis) is 1. The van der Waals surface area contributed by atoms with Gasteiger partial charge in [0, 0.05) is 6.04 Å². The lowest BCUT2D eigenvalue weighted by Crippen LogP contribution is -2.47. The maximum atomic E-state index is 12.4. The van der Waals surface area contributed by atoms with E-state index in [1.165, 1.54) is 7.11 Å². The van der Waals surface area contributed by atoms with Gasteiger partial charge in [-0.2, -0.15) is 0 Å². The second-order valence-electron chi connectivity index (χ2n) is 6.45. The van der Waals surface area contributed by atoms with Gasteiger partial charge in [0.2, 0.25) is 5.91 Å². The van der Waals surface area contributed by atoms with Crippen molar-refractivity contribution in [3.8, 4) is 0 Å². The van der Waals surface area contributed by atoms with E-state index >= 15 is 0 Å². The molecule has 0 aromatic rings. The Labute approximate surface area is 123 Å². The van der Waals surface area contributed by atoms with Gasteiger partial charge in [-0.1, -0.05) is 0 Å². The van der Waals surface area contributed by atoms with E-state index < -0.39 is 29.7 Å². The average molecular weight is 298 g/mol. The fourth-order valence-electron chi connectivity index (χ4n) is 2.94. The van der Waals surface area contributed by atoms with Gasteiger partial charge in [0.25, 0.3) is 0 Å². The Morgan fingerprint density at radius 1 is 1.29 bits per heavy atom. The van der Waals surface area contributed by atoms with Crippen molar-refractivity contribution in [1.29, 1.82) is 0 Å². The number of methoxy groups -OCH3 is 1. The number of hydrogen-bond acceptors (Lipinski definition) is 5. The third-order valence-electron chi connectivity index (χ3n) is 3.73. The molecule has 0 spiro atoms. The number of rotatable bonds is 2. The number of hydrogen-bond donors (Lipinski definition) is 1. The molecule has 2 saturated heterocycles. The van der Waals surface area contributed by atoms with E-state index in [9.17, 15) is 14.4 Å². The summed E-state index contributed by atoms with van der Waals surface area (Å²) in [6.45, 7) is 5.28. The van der Waals surface area contributed by atoms with Crippen LogP contribution in [0.1, 0.15) is 40.0 Å². The van der Waals surface area contributed by atoms with Crippen LogP contribution in [-0.2, 0) is 19.1 Å². The average Bonchev–Trinajstić information content (AvgIpc) is 2.88. The van der Waals surface area contributed by atoms with Gasteiger partial charge < -0.3 is 19.7 Å². The lowest BCUT2D eigenvalue weighted by Gasteiger charge is -2.23. The van der Waals surface area contributed by atoms with E-state index in [2.05, 4.69) is 5.32 Å². The smallest absolute Gasteiger partial charge is 0.408 e. The maximum Gasteiger partial charge on any atom is 0.408 e. The zero-order valence-corrected chi connectivity index (χ0v) is 12.8. The SMILES string of the molecule is COC(=O)C1CCC2CC(NC(=O)OC(C)(C)C)C(=O)N21. The molecule has 2 heterocycles. The number of ether oxygens (including phenoxy) is 2. The fourth-order valence-corrected chi connectivity index (χ4v) is 2.94. The molecule has 3 unspecified atom stereocenters. The molecule has 0 aromatic heterocycles. The van der Waals surface area contributed by atoms with E-state index in [4.69, 9.17) is 9.47 Å². The van der Waals surface area contributed by atoms with Crippen molar-refractivity contribution in [3.05, 3.63) is 0 Å². The van der Waals surface area contributed by atoms with Crippen LogP contribution in [-0.4, -0.2) is 53.7 Å². The molecule has 2 amide bonds. The van der Waals surface area contributed by atoms with Gasteiger partial charge in [0.05, 0.1) is 7.11 Å². The van der Waals surface area contributed by atoms with E-state index in [-0.39, 0.29) is 11.9 Å². The first-order valence-electron chi connectivity index (χ1n) is 7.12. The molecule has 7 nitrogen and oxygen atoms in total. The Balaban J connectivity index is 1.99. The van der Waals surface area contributed by atoms with Gasteiger partial charge in [-0.05, 0) is 40.0 Å². The molecule has 0 bridgehead atoms. The molecule has 0 aromatic carbocycles. The first-order chi connectivity index (χ1) is 9.73. The van der Waals surface area contributed by atoms with Crippen LogP contribution in [0.2, 0.25) is 0 Å². The van der Waals surface area contributed by atoms with Crippen LogP contribution in [0.4, 0.5) is 4.79 Å². The summed E-state index contributed by atoms with van der Waals surface area (Å²) in [7, 11) is 1.31. The van der Waals surface area contributed by atoms with Crippen LogP contribution < -0.4 is 5.32 Å². The zero-order valence-electron chi connectivity index (χ0n) is 12.8. The van der Waals surface area contributed by atoms with Crippen molar-refractivity contribution in [3.63, 3.8) is 0 Å². The second-order valence-corrected chi connectivity index (χ2v) is 6.45. The molecule has 0 radical (unpaired) electrons. The van der Waals surface area contributed by atoms with Crippen molar-refractivity contribution in [2.75, 3.05) is 7.11 Å². The van der Waals surface area contributed by atoms with Crippen LogP contribution in [0.3, 0.4) is 0 Å². The zero-order chi connectivity index (χ0) is 15.8. The molecule has 21 heavy (non-hydrogen) atoms. The van der Waals surface area contributed by atoms with Crippen LogP contribution in [0.5, 0.6) is 0 Å². The number of nitrogens with zero attached hydrogens (tertiary/aromatic N) is 1. The number of carbonyl (C=O) groups is 3. The highest BCUT2D eigenvalue weighted by Gasteiger charge is 2.50. The van der Waals surface area contributed by atoms with Crippen LogP contribution >= 0.6 is 0 Å². The highest BCUT2D eigenvalue weighted by molar-refractivity contribution is 5.92. The number of esters is 1. The Kier molecular flexibility index (Phi) is 4.11.